The van der Waals surface area contributed by atoms with Crippen LogP contribution in [0.15, 0.2) is 42.5 Å². The minimum atomic E-state index is -1.10. The standard InChI is InChI=1S/C19H22O5/c1-13-4-7-15(8-5-13)24-19(2,3)18(22)23-11-10-14-6-9-16(20)17(21)12-14/h4-9,12,20-21H,10-11H2,1-3H3. The Morgan fingerprint density at radius 2 is 1.71 bits per heavy atom. The molecule has 0 unspecified atom stereocenters. The third kappa shape index (κ3) is 4.65. The van der Waals surface area contributed by atoms with Crippen molar-refractivity contribution in [2.75, 3.05) is 6.61 Å². The van der Waals surface area contributed by atoms with E-state index in [1.165, 1.54) is 12.1 Å². The van der Waals surface area contributed by atoms with Gasteiger partial charge in [-0.2, -0.15) is 0 Å². The second-order valence-corrected chi connectivity index (χ2v) is 6.13. The molecule has 0 aliphatic carbocycles. The number of rotatable bonds is 6. The molecule has 5 heteroatoms. The molecule has 0 atom stereocenters. The zero-order chi connectivity index (χ0) is 17.7. The summed E-state index contributed by atoms with van der Waals surface area (Å²) < 4.78 is 11.0. The van der Waals surface area contributed by atoms with E-state index in [9.17, 15) is 15.0 Å². The van der Waals surface area contributed by atoms with Gasteiger partial charge < -0.3 is 19.7 Å². The van der Waals surface area contributed by atoms with Gasteiger partial charge in [0, 0.05) is 6.42 Å². The van der Waals surface area contributed by atoms with E-state index in [0.29, 0.717) is 12.2 Å². The molecule has 0 bridgehead atoms. The van der Waals surface area contributed by atoms with Gasteiger partial charge in [0.25, 0.3) is 0 Å². The van der Waals surface area contributed by atoms with E-state index in [4.69, 9.17) is 9.47 Å². The summed E-state index contributed by atoms with van der Waals surface area (Å²) in [7, 11) is 0. The average molecular weight is 330 g/mol. The SMILES string of the molecule is Cc1ccc(OC(C)(C)C(=O)OCCc2ccc(O)c(O)c2)cc1. The molecule has 0 fully saturated rings. The summed E-state index contributed by atoms with van der Waals surface area (Å²) in [5, 5.41) is 18.7. The quantitative estimate of drug-likeness (QED) is 0.627. The summed E-state index contributed by atoms with van der Waals surface area (Å²) in [5.74, 6) is -0.234. The Kier molecular flexibility index (Phi) is 5.34. The monoisotopic (exact) mass is 330 g/mol. The molecule has 0 radical (unpaired) electrons. The van der Waals surface area contributed by atoms with E-state index < -0.39 is 11.6 Å². The molecule has 0 aliphatic heterocycles. The first-order valence-corrected chi connectivity index (χ1v) is 7.72. The summed E-state index contributed by atoms with van der Waals surface area (Å²) in [6.07, 6.45) is 0.431. The normalized spacial score (nSPS) is 11.1. The summed E-state index contributed by atoms with van der Waals surface area (Å²) in [6.45, 7) is 5.44. The number of ether oxygens (including phenoxy) is 2. The van der Waals surface area contributed by atoms with Crippen molar-refractivity contribution in [2.24, 2.45) is 0 Å². The molecular formula is C19H22O5. The predicted octanol–water partition coefficient (Wildman–Crippen LogP) is 3.35. The summed E-state index contributed by atoms with van der Waals surface area (Å²) >= 11 is 0. The summed E-state index contributed by atoms with van der Waals surface area (Å²) in [4.78, 5) is 12.2. The van der Waals surface area contributed by atoms with Crippen LogP contribution < -0.4 is 4.74 Å². The Hall–Kier alpha value is -2.69. The lowest BCUT2D eigenvalue weighted by Gasteiger charge is -2.24. The van der Waals surface area contributed by atoms with Crippen molar-refractivity contribution in [1.29, 1.82) is 0 Å². The largest absolute Gasteiger partial charge is 0.504 e. The molecule has 0 aromatic heterocycles. The molecule has 2 aromatic carbocycles. The van der Waals surface area contributed by atoms with Crippen LogP contribution in [0, 0.1) is 6.92 Å². The van der Waals surface area contributed by atoms with Crippen LogP contribution in [-0.2, 0) is 16.0 Å². The third-order valence-corrected chi connectivity index (χ3v) is 3.55. The van der Waals surface area contributed by atoms with Gasteiger partial charge in [-0.25, -0.2) is 4.79 Å². The van der Waals surface area contributed by atoms with Crippen molar-refractivity contribution < 1.29 is 24.5 Å². The second kappa shape index (κ2) is 7.25. The number of benzene rings is 2. The van der Waals surface area contributed by atoms with Gasteiger partial charge >= 0.3 is 5.97 Å². The minimum absolute atomic E-state index is 0.156. The smallest absolute Gasteiger partial charge is 0.349 e. The van der Waals surface area contributed by atoms with Crippen molar-refractivity contribution in [3.05, 3.63) is 53.6 Å². The van der Waals surface area contributed by atoms with Crippen molar-refractivity contribution in [2.45, 2.75) is 32.8 Å². The van der Waals surface area contributed by atoms with E-state index in [1.54, 1.807) is 19.9 Å². The fourth-order valence-corrected chi connectivity index (χ4v) is 2.10. The molecule has 2 aromatic rings. The molecule has 0 aliphatic rings. The average Bonchev–Trinajstić information content (AvgIpc) is 2.52. The number of aryl methyl sites for hydroxylation is 1. The number of esters is 1. The van der Waals surface area contributed by atoms with Gasteiger partial charge in [0.05, 0.1) is 6.61 Å². The molecular weight excluding hydrogens is 308 g/mol. The second-order valence-electron chi connectivity index (χ2n) is 6.13. The number of carbonyl (C=O) groups excluding carboxylic acids is 1. The van der Waals surface area contributed by atoms with Crippen LogP contribution in [0.1, 0.15) is 25.0 Å². The van der Waals surface area contributed by atoms with Crippen molar-refractivity contribution in [1.82, 2.24) is 0 Å². The lowest BCUT2D eigenvalue weighted by Crippen LogP contribution is -2.40. The molecule has 0 saturated carbocycles. The summed E-state index contributed by atoms with van der Waals surface area (Å²) in [6, 6.07) is 11.9. The van der Waals surface area contributed by atoms with Crippen LogP contribution in [0.3, 0.4) is 0 Å². The predicted molar refractivity (Wildman–Crippen MR) is 90.3 cm³/mol. The molecule has 24 heavy (non-hydrogen) atoms. The van der Waals surface area contributed by atoms with E-state index in [2.05, 4.69) is 0 Å². The van der Waals surface area contributed by atoms with Crippen molar-refractivity contribution in [3.8, 4) is 17.2 Å². The van der Waals surface area contributed by atoms with E-state index in [0.717, 1.165) is 11.1 Å². The molecule has 0 saturated heterocycles. The van der Waals surface area contributed by atoms with Crippen LogP contribution in [0.25, 0.3) is 0 Å². The van der Waals surface area contributed by atoms with Crippen molar-refractivity contribution in [3.63, 3.8) is 0 Å². The number of phenols is 2. The number of carbonyl (C=O) groups is 1. The lowest BCUT2D eigenvalue weighted by atomic mass is 10.1. The molecule has 128 valence electrons. The molecule has 5 nitrogen and oxygen atoms in total. The Morgan fingerprint density at radius 1 is 1.04 bits per heavy atom. The lowest BCUT2D eigenvalue weighted by molar-refractivity contribution is -0.159. The van der Waals surface area contributed by atoms with Crippen LogP contribution in [0.5, 0.6) is 17.2 Å². The maximum absolute atomic E-state index is 12.2. The minimum Gasteiger partial charge on any atom is -0.504 e. The van der Waals surface area contributed by atoms with Crippen LogP contribution in [-0.4, -0.2) is 28.4 Å². The van der Waals surface area contributed by atoms with Gasteiger partial charge in [-0.1, -0.05) is 23.8 Å². The highest BCUT2D eigenvalue weighted by Gasteiger charge is 2.31. The van der Waals surface area contributed by atoms with Gasteiger partial charge in [-0.3, -0.25) is 0 Å². The Labute approximate surface area is 141 Å². The van der Waals surface area contributed by atoms with E-state index in [1.807, 2.05) is 31.2 Å². The zero-order valence-corrected chi connectivity index (χ0v) is 14.1. The fraction of sp³-hybridized carbons (Fsp3) is 0.316. The van der Waals surface area contributed by atoms with Gasteiger partial charge in [-0.15, -0.1) is 0 Å². The van der Waals surface area contributed by atoms with E-state index >= 15 is 0 Å². The number of hydrogen-bond acceptors (Lipinski definition) is 5. The molecule has 0 heterocycles. The van der Waals surface area contributed by atoms with Gasteiger partial charge in [0.15, 0.2) is 17.1 Å². The number of phenolic OH excluding ortho intramolecular Hbond substituents is 2. The maximum Gasteiger partial charge on any atom is 0.349 e. The first-order chi connectivity index (χ1) is 11.3. The Bertz CT molecular complexity index is 704. The Balaban J connectivity index is 1.88. The highest BCUT2D eigenvalue weighted by atomic mass is 16.6. The molecule has 2 rings (SSSR count). The van der Waals surface area contributed by atoms with Crippen LogP contribution in [0.4, 0.5) is 0 Å². The number of aromatic hydroxyl groups is 2. The zero-order valence-electron chi connectivity index (χ0n) is 14.1. The first kappa shape index (κ1) is 17.7. The van der Waals surface area contributed by atoms with Gasteiger partial charge in [0.2, 0.25) is 0 Å². The molecule has 2 N–H and O–H groups in total. The first-order valence-electron chi connectivity index (χ1n) is 7.72. The third-order valence-electron chi connectivity index (χ3n) is 3.55. The Morgan fingerprint density at radius 3 is 2.33 bits per heavy atom. The maximum atomic E-state index is 12.2. The summed E-state index contributed by atoms with van der Waals surface area (Å²) in [5.41, 5.74) is 0.766. The topological polar surface area (TPSA) is 76.0 Å². The van der Waals surface area contributed by atoms with Crippen LogP contribution >= 0.6 is 0 Å². The molecule has 0 spiro atoms. The molecule has 0 amide bonds. The fourth-order valence-electron chi connectivity index (χ4n) is 2.10. The van der Waals surface area contributed by atoms with Crippen LogP contribution in [0.2, 0.25) is 0 Å². The van der Waals surface area contributed by atoms with E-state index in [-0.39, 0.29) is 18.1 Å². The van der Waals surface area contributed by atoms with Gasteiger partial charge in [0.1, 0.15) is 5.75 Å². The highest BCUT2D eigenvalue weighted by Crippen LogP contribution is 2.25. The van der Waals surface area contributed by atoms with Gasteiger partial charge in [-0.05, 0) is 50.6 Å². The van der Waals surface area contributed by atoms with Crippen molar-refractivity contribution >= 4 is 5.97 Å². The number of hydrogen-bond donors (Lipinski definition) is 2. The highest BCUT2D eigenvalue weighted by molar-refractivity contribution is 5.79.